The summed E-state index contributed by atoms with van der Waals surface area (Å²) in [6.07, 6.45) is -10.1. The fourth-order valence-electron chi connectivity index (χ4n) is 9.16. The maximum Gasteiger partial charge on any atom is 0.303 e. The number of nitrogens with one attached hydrogen (secondary N) is 4. The second-order valence-corrected chi connectivity index (χ2v) is 20.1. The van der Waals surface area contributed by atoms with Gasteiger partial charge in [0.2, 0.25) is 23.6 Å². The van der Waals surface area contributed by atoms with Crippen LogP contribution in [0.2, 0.25) is 0 Å². The number of hydrogen-bond acceptors (Lipinski definition) is 24. The van der Waals surface area contributed by atoms with Crippen molar-refractivity contribution < 1.29 is 119 Å². The van der Waals surface area contributed by atoms with Crippen molar-refractivity contribution in [2.24, 2.45) is 0 Å². The van der Waals surface area contributed by atoms with E-state index < -0.39 is 155 Å². The summed E-state index contributed by atoms with van der Waals surface area (Å²) in [5.41, 5.74) is 0. The number of carboxylic acid groups (broad SMARTS) is 1. The molecule has 3 heterocycles. The Bertz CT molecular complexity index is 1670. The van der Waals surface area contributed by atoms with Crippen LogP contribution in [-0.4, -0.2) is 278 Å². The standard InChI is InChI=1S/C50H91N5O24/c56-27-31-38(64)41(67)44(70)48(77-31)74-22-19-52-35(60)25-55(26-36(61)53-20-23-75-49-45(71)42(68)39(65)32(28-57)78-49)30(47(73)54-21-24-76-50-46(72)43(69)40(66)33(29-58)79-50)15-13-14-18-51-34(59)16-11-9-7-5-3-1-2-4-6-8-10-12-17-37(62)63/h30-33,38-46,48-50,56-58,64-72H,1-29H2,(H,51,59)(H,52,60)(H,53,61)(H,54,73)(H,62,63)/t30?,31-,32-,33-,38-,39-,40-,41+,42+,43+,44+,45+,46+,48+,49+,50+/m1/s1. The SMILES string of the molecule is O=C(O)CCCCCCCCCCCCCCC(=O)NCCCCC(C(=O)NCCO[C@H]1O[C@H](CO)[C@@H](O)[C@H](O)[C@@H]1O)N(CC(=O)NCCO[C@H]1O[C@H](CO)[C@@H](O)[C@H](O)[C@@H]1O)CC(=O)NCCO[C@H]1O[C@H](CO)[C@@H](O)[C@H](O)[C@@H]1O. The third-order valence-electron chi connectivity index (χ3n) is 13.8. The number of nitrogens with zero attached hydrogens (tertiary/aromatic N) is 1. The van der Waals surface area contributed by atoms with Crippen molar-refractivity contribution in [3.05, 3.63) is 0 Å². The van der Waals surface area contributed by atoms with Crippen LogP contribution in [0.1, 0.15) is 109 Å². The highest BCUT2D eigenvalue weighted by atomic mass is 16.7. The topological polar surface area (TPSA) is 455 Å². The molecule has 0 saturated carbocycles. The third-order valence-corrected chi connectivity index (χ3v) is 13.8. The summed E-state index contributed by atoms with van der Waals surface area (Å²) < 4.78 is 32.5. The van der Waals surface area contributed by atoms with Gasteiger partial charge in [-0.2, -0.15) is 0 Å². The Balaban J connectivity index is 1.62. The van der Waals surface area contributed by atoms with Crippen molar-refractivity contribution in [1.82, 2.24) is 26.2 Å². The van der Waals surface area contributed by atoms with Gasteiger partial charge in [0.05, 0.1) is 58.8 Å². The van der Waals surface area contributed by atoms with Crippen LogP contribution < -0.4 is 21.3 Å². The van der Waals surface area contributed by atoms with Crippen LogP contribution in [0.25, 0.3) is 0 Å². The second kappa shape index (κ2) is 39.1. The van der Waals surface area contributed by atoms with Gasteiger partial charge in [-0.3, -0.25) is 28.9 Å². The van der Waals surface area contributed by atoms with E-state index in [1.807, 2.05) is 0 Å². The Labute approximate surface area is 459 Å². The van der Waals surface area contributed by atoms with Gasteiger partial charge in [-0.15, -0.1) is 0 Å². The molecule has 3 fully saturated rings. The first-order valence-corrected chi connectivity index (χ1v) is 27.6. The largest absolute Gasteiger partial charge is 0.481 e. The molecule has 3 aliphatic heterocycles. The molecule has 3 saturated heterocycles. The zero-order valence-electron chi connectivity index (χ0n) is 45.0. The van der Waals surface area contributed by atoms with Crippen LogP contribution >= 0.6 is 0 Å². The first-order valence-electron chi connectivity index (χ1n) is 27.6. The fraction of sp³-hybridized carbons (Fsp3) is 0.900. The van der Waals surface area contributed by atoms with Gasteiger partial charge in [-0.1, -0.05) is 64.2 Å². The van der Waals surface area contributed by atoms with Crippen LogP contribution in [0.15, 0.2) is 0 Å². The molecule has 79 heavy (non-hydrogen) atoms. The number of carbonyl (C=O) groups excluding carboxylic acids is 4. The van der Waals surface area contributed by atoms with Crippen LogP contribution in [-0.2, 0) is 52.4 Å². The normalized spacial score (nSPS) is 29.5. The van der Waals surface area contributed by atoms with E-state index in [0.717, 1.165) is 70.6 Å². The fourth-order valence-corrected chi connectivity index (χ4v) is 9.16. The Hall–Kier alpha value is -3.41. The summed E-state index contributed by atoms with van der Waals surface area (Å²) in [6.45, 7) is -4.64. The Kier molecular flexibility index (Phi) is 34.6. The number of carbonyl (C=O) groups is 5. The summed E-state index contributed by atoms with van der Waals surface area (Å²) >= 11 is 0. The highest BCUT2D eigenvalue weighted by Gasteiger charge is 2.46. The van der Waals surface area contributed by atoms with E-state index in [0.29, 0.717) is 25.7 Å². The van der Waals surface area contributed by atoms with Gasteiger partial charge in [0.25, 0.3) is 0 Å². The van der Waals surface area contributed by atoms with Gasteiger partial charge in [0.15, 0.2) is 18.9 Å². The lowest BCUT2D eigenvalue weighted by Gasteiger charge is -2.39. The molecular weight excluding hydrogens is 1050 g/mol. The molecule has 3 aliphatic rings. The van der Waals surface area contributed by atoms with Crippen LogP contribution in [0.3, 0.4) is 0 Å². The van der Waals surface area contributed by atoms with E-state index in [-0.39, 0.29) is 64.7 Å². The molecule has 1 unspecified atom stereocenters. The summed E-state index contributed by atoms with van der Waals surface area (Å²) in [6, 6.07) is -1.22. The lowest BCUT2D eigenvalue weighted by Crippen LogP contribution is -2.59. The van der Waals surface area contributed by atoms with Crippen molar-refractivity contribution in [2.75, 3.05) is 78.9 Å². The number of aliphatic hydroxyl groups is 12. The van der Waals surface area contributed by atoms with Gasteiger partial charge < -0.3 is 116 Å². The van der Waals surface area contributed by atoms with Crippen molar-refractivity contribution in [3.8, 4) is 0 Å². The quantitative estimate of drug-likeness (QED) is 0.0254. The molecule has 3 rings (SSSR count). The van der Waals surface area contributed by atoms with E-state index in [1.54, 1.807) is 0 Å². The molecule has 0 aromatic heterocycles. The average Bonchev–Trinajstić information content (AvgIpc) is 3.43. The average molecular weight is 1150 g/mol. The first kappa shape index (κ1) is 69.9. The molecule has 0 bridgehead atoms. The minimum absolute atomic E-state index is 0.0308. The number of unbranched alkanes of at least 4 members (excludes halogenated alkanes) is 12. The first-order chi connectivity index (χ1) is 37.8. The van der Waals surface area contributed by atoms with Crippen molar-refractivity contribution >= 4 is 29.6 Å². The third kappa shape index (κ3) is 25.3. The van der Waals surface area contributed by atoms with Gasteiger partial charge in [0.1, 0.15) is 73.2 Å². The molecule has 0 aromatic carbocycles. The van der Waals surface area contributed by atoms with Crippen LogP contribution in [0, 0.1) is 0 Å². The molecule has 17 N–H and O–H groups in total. The predicted octanol–water partition coefficient (Wildman–Crippen LogP) is -5.71. The van der Waals surface area contributed by atoms with Gasteiger partial charge in [-0.05, 0) is 32.1 Å². The number of aliphatic hydroxyl groups excluding tert-OH is 12. The number of carboxylic acids is 1. The summed E-state index contributed by atoms with van der Waals surface area (Å²) in [5.74, 6) is -3.02. The second-order valence-electron chi connectivity index (χ2n) is 20.1. The molecule has 16 atom stereocenters. The lowest BCUT2D eigenvalue weighted by molar-refractivity contribution is -0.300. The minimum atomic E-state index is -1.72. The van der Waals surface area contributed by atoms with E-state index in [1.165, 1.54) is 4.90 Å². The van der Waals surface area contributed by atoms with Crippen molar-refractivity contribution in [3.63, 3.8) is 0 Å². The monoisotopic (exact) mass is 1150 g/mol. The number of rotatable bonds is 41. The van der Waals surface area contributed by atoms with Crippen LogP contribution in [0.4, 0.5) is 0 Å². The highest BCUT2D eigenvalue weighted by molar-refractivity contribution is 5.86. The Morgan fingerprint density at radius 1 is 0.405 bits per heavy atom. The maximum absolute atomic E-state index is 14.1. The lowest BCUT2D eigenvalue weighted by atomic mass is 9.99. The molecule has 0 radical (unpaired) electrons. The summed E-state index contributed by atoms with van der Waals surface area (Å²) in [7, 11) is 0. The van der Waals surface area contributed by atoms with Crippen molar-refractivity contribution in [1.29, 1.82) is 0 Å². The molecule has 29 nitrogen and oxygen atoms in total. The minimum Gasteiger partial charge on any atom is -0.481 e. The molecular formula is C50H91N5O24. The van der Waals surface area contributed by atoms with Gasteiger partial charge in [0, 0.05) is 39.0 Å². The summed E-state index contributed by atoms with van der Waals surface area (Å²) in [5, 5.41) is 140. The van der Waals surface area contributed by atoms with Crippen LogP contribution in [0.5, 0.6) is 0 Å². The van der Waals surface area contributed by atoms with E-state index >= 15 is 0 Å². The number of aliphatic carboxylic acids is 1. The molecule has 0 aliphatic carbocycles. The zero-order chi connectivity index (χ0) is 58.3. The number of ether oxygens (including phenoxy) is 6. The van der Waals surface area contributed by atoms with Gasteiger partial charge in [-0.25, -0.2) is 0 Å². The molecule has 460 valence electrons. The predicted molar refractivity (Wildman–Crippen MR) is 273 cm³/mol. The Morgan fingerprint density at radius 2 is 0.747 bits per heavy atom. The number of amides is 4. The maximum atomic E-state index is 14.1. The van der Waals surface area contributed by atoms with E-state index in [4.69, 9.17) is 33.5 Å². The molecule has 4 amide bonds. The molecule has 0 spiro atoms. The molecule has 29 heteroatoms. The van der Waals surface area contributed by atoms with E-state index in [9.17, 15) is 85.3 Å². The Morgan fingerprint density at radius 3 is 1.11 bits per heavy atom. The van der Waals surface area contributed by atoms with E-state index in [2.05, 4.69) is 21.3 Å². The zero-order valence-corrected chi connectivity index (χ0v) is 45.0. The van der Waals surface area contributed by atoms with Crippen molar-refractivity contribution in [2.45, 2.75) is 207 Å². The highest BCUT2D eigenvalue weighted by Crippen LogP contribution is 2.24. The smallest absolute Gasteiger partial charge is 0.303 e. The van der Waals surface area contributed by atoms with Gasteiger partial charge >= 0.3 is 5.97 Å². The number of hydrogen-bond donors (Lipinski definition) is 17. The molecule has 0 aromatic rings. The summed E-state index contributed by atoms with van der Waals surface area (Å²) in [4.78, 5) is 65.9.